The molecule has 1 aromatic heterocycles. The number of benzene rings is 1. The fraction of sp³-hybridized carbons (Fsp3) is 0.250. The first-order valence-corrected chi connectivity index (χ1v) is 7.24. The molecule has 0 atom stereocenters. The van der Waals surface area contributed by atoms with Crippen molar-refractivity contribution in [2.45, 2.75) is 20.5 Å². The number of aryl methyl sites for hydroxylation is 1. The highest BCUT2D eigenvalue weighted by Gasteiger charge is 2.12. The van der Waals surface area contributed by atoms with Crippen LogP contribution in [-0.4, -0.2) is 23.8 Å². The molecule has 0 aliphatic rings. The molecular weight excluding hydrogens is 310 g/mol. The van der Waals surface area contributed by atoms with Gasteiger partial charge in [0.1, 0.15) is 12.3 Å². The number of carbonyl (C=O) groups excluding carboxylic acids is 1. The maximum Gasteiger partial charge on any atom is 0.343 e. The summed E-state index contributed by atoms with van der Waals surface area (Å²) in [6.45, 7) is 3.88. The number of urea groups is 1. The van der Waals surface area contributed by atoms with Crippen LogP contribution in [0, 0.1) is 12.5 Å². The van der Waals surface area contributed by atoms with Gasteiger partial charge in [0.2, 0.25) is 0 Å². The third-order valence-corrected chi connectivity index (χ3v) is 3.38. The number of rotatable bonds is 6. The van der Waals surface area contributed by atoms with Crippen molar-refractivity contribution in [2.24, 2.45) is 10.4 Å². The summed E-state index contributed by atoms with van der Waals surface area (Å²) in [4.78, 5) is 17.3. The molecule has 0 saturated heterocycles. The zero-order chi connectivity index (χ0) is 17.5. The quantitative estimate of drug-likeness (QED) is 0.476. The Hall–Kier alpha value is -3.16. The van der Waals surface area contributed by atoms with Crippen LogP contribution >= 0.6 is 0 Å². The first kappa shape index (κ1) is 17.2. The van der Waals surface area contributed by atoms with Crippen LogP contribution in [0.3, 0.4) is 0 Å². The first-order valence-electron chi connectivity index (χ1n) is 7.24. The highest BCUT2D eigenvalue weighted by Crippen LogP contribution is 2.21. The van der Waals surface area contributed by atoms with Crippen molar-refractivity contribution in [3.8, 4) is 0 Å². The van der Waals surface area contributed by atoms with Gasteiger partial charge in [0, 0.05) is 18.3 Å². The van der Waals surface area contributed by atoms with E-state index in [0.29, 0.717) is 17.2 Å². The molecule has 0 unspecified atom stereocenters. The standard InChI is InChI=1S/C16H19N5O3/c1-11-6-4-7-14(18-16(22)21(3)20-17)13(11)10-24-19-12(2)15-8-5-9-23-15/h4-9,17H,10H2,1-3H3,(H,18,22)/b19-12+,20-17?. The van der Waals surface area contributed by atoms with Crippen molar-refractivity contribution >= 4 is 17.4 Å². The Kier molecular flexibility index (Phi) is 5.67. The molecule has 2 amide bonds. The number of furan rings is 1. The number of nitrogens with one attached hydrogen (secondary N) is 2. The molecule has 8 nitrogen and oxygen atoms in total. The minimum Gasteiger partial charge on any atom is -0.463 e. The number of oxime groups is 1. The largest absolute Gasteiger partial charge is 0.463 e. The van der Waals surface area contributed by atoms with Gasteiger partial charge in [0.15, 0.2) is 5.76 Å². The van der Waals surface area contributed by atoms with Crippen molar-refractivity contribution in [1.82, 2.24) is 5.01 Å². The van der Waals surface area contributed by atoms with Gasteiger partial charge in [-0.3, -0.25) is 0 Å². The molecule has 24 heavy (non-hydrogen) atoms. The van der Waals surface area contributed by atoms with E-state index in [2.05, 4.69) is 15.7 Å². The Morgan fingerprint density at radius 2 is 2.17 bits per heavy atom. The number of carbonyl (C=O) groups is 1. The minimum atomic E-state index is -0.507. The van der Waals surface area contributed by atoms with Crippen molar-refractivity contribution in [1.29, 1.82) is 5.53 Å². The van der Waals surface area contributed by atoms with Gasteiger partial charge in [0.05, 0.1) is 6.26 Å². The zero-order valence-corrected chi connectivity index (χ0v) is 13.7. The van der Waals surface area contributed by atoms with Gasteiger partial charge in [-0.15, -0.1) is 0 Å². The molecule has 0 bridgehead atoms. The average molecular weight is 329 g/mol. The van der Waals surface area contributed by atoms with E-state index in [1.165, 1.54) is 7.05 Å². The van der Waals surface area contributed by atoms with E-state index < -0.39 is 6.03 Å². The topological polar surface area (TPSA) is 103 Å². The second kappa shape index (κ2) is 7.91. The number of hydrogen-bond donors (Lipinski definition) is 2. The van der Waals surface area contributed by atoms with Crippen LogP contribution in [0.1, 0.15) is 23.8 Å². The van der Waals surface area contributed by atoms with Gasteiger partial charge in [-0.25, -0.2) is 4.79 Å². The predicted octanol–water partition coefficient (Wildman–Crippen LogP) is 3.94. The maximum absolute atomic E-state index is 11.9. The molecule has 0 radical (unpaired) electrons. The summed E-state index contributed by atoms with van der Waals surface area (Å²) in [7, 11) is 1.39. The number of anilines is 1. The highest BCUT2D eigenvalue weighted by molar-refractivity contribution is 5.95. The molecule has 0 fully saturated rings. The van der Waals surface area contributed by atoms with Gasteiger partial charge in [0.25, 0.3) is 0 Å². The molecule has 126 valence electrons. The summed E-state index contributed by atoms with van der Waals surface area (Å²) < 4.78 is 5.24. The summed E-state index contributed by atoms with van der Waals surface area (Å²) in [5.41, 5.74) is 9.81. The van der Waals surface area contributed by atoms with Crippen LogP contribution in [0.15, 0.2) is 51.4 Å². The molecule has 1 aromatic carbocycles. The van der Waals surface area contributed by atoms with Crippen LogP contribution in [0.25, 0.3) is 0 Å². The lowest BCUT2D eigenvalue weighted by atomic mass is 10.1. The maximum atomic E-state index is 11.9. The number of hydrogen-bond acceptors (Lipinski definition) is 6. The van der Waals surface area contributed by atoms with Gasteiger partial charge in [-0.2, -0.15) is 10.5 Å². The molecule has 0 saturated carbocycles. The van der Waals surface area contributed by atoms with Crippen molar-refractivity contribution in [3.63, 3.8) is 0 Å². The van der Waals surface area contributed by atoms with E-state index >= 15 is 0 Å². The second-order valence-corrected chi connectivity index (χ2v) is 5.08. The Balaban J connectivity index is 2.10. The van der Waals surface area contributed by atoms with E-state index in [-0.39, 0.29) is 6.61 Å². The molecule has 2 N–H and O–H groups in total. The third kappa shape index (κ3) is 4.19. The van der Waals surface area contributed by atoms with Crippen molar-refractivity contribution in [3.05, 3.63) is 53.5 Å². The Morgan fingerprint density at radius 3 is 2.83 bits per heavy atom. The second-order valence-electron chi connectivity index (χ2n) is 5.08. The Morgan fingerprint density at radius 1 is 1.38 bits per heavy atom. The monoisotopic (exact) mass is 329 g/mol. The minimum absolute atomic E-state index is 0.183. The number of amides is 2. The fourth-order valence-corrected chi connectivity index (χ4v) is 1.98. The molecule has 0 spiro atoms. The van der Waals surface area contributed by atoms with Gasteiger partial charge in [-0.05, 0) is 37.6 Å². The average Bonchev–Trinajstić information content (AvgIpc) is 3.11. The van der Waals surface area contributed by atoms with E-state index in [1.54, 1.807) is 31.4 Å². The zero-order valence-electron chi connectivity index (χ0n) is 13.7. The smallest absolute Gasteiger partial charge is 0.343 e. The predicted molar refractivity (Wildman–Crippen MR) is 88.8 cm³/mol. The summed E-state index contributed by atoms with van der Waals surface area (Å²) >= 11 is 0. The lowest BCUT2D eigenvalue weighted by Crippen LogP contribution is -2.26. The van der Waals surface area contributed by atoms with Gasteiger partial charge in [-0.1, -0.05) is 22.5 Å². The SMILES string of the molecule is C/C(=N\OCc1c(C)cccc1NC(=O)N(C)N=N)c1ccco1. The van der Waals surface area contributed by atoms with Crippen LogP contribution in [0.5, 0.6) is 0 Å². The van der Waals surface area contributed by atoms with Gasteiger partial charge < -0.3 is 14.6 Å². The molecule has 0 aliphatic heterocycles. The van der Waals surface area contributed by atoms with E-state index in [1.807, 2.05) is 19.1 Å². The lowest BCUT2D eigenvalue weighted by molar-refractivity contribution is 0.130. The Labute approximate surface area is 139 Å². The third-order valence-electron chi connectivity index (χ3n) is 3.38. The molecule has 1 heterocycles. The van der Waals surface area contributed by atoms with Crippen LogP contribution < -0.4 is 5.32 Å². The van der Waals surface area contributed by atoms with Crippen LogP contribution in [-0.2, 0) is 11.4 Å². The molecule has 0 aliphatic carbocycles. The molecule has 8 heteroatoms. The molecular formula is C16H19N5O3. The summed E-state index contributed by atoms with van der Waals surface area (Å²) in [6.07, 6.45) is 1.57. The summed E-state index contributed by atoms with van der Waals surface area (Å²) in [5.74, 6) is 0.631. The Bertz CT molecular complexity index is 740. The number of nitrogens with zero attached hydrogens (tertiary/aromatic N) is 3. The summed E-state index contributed by atoms with van der Waals surface area (Å²) in [5, 5.41) is 10.7. The normalized spacial score (nSPS) is 11.0. The molecule has 2 rings (SSSR count). The van der Waals surface area contributed by atoms with Crippen molar-refractivity contribution < 1.29 is 14.0 Å². The summed E-state index contributed by atoms with van der Waals surface area (Å²) in [6, 6.07) is 8.55. The molecule has 2 aromatic rings. The van der Waals surface area contributed by atoms with E-state index in [4.69, 9.17) is 14.8 Å². The van der Waals surface area contributed by atoms with E-state index in [9.17, 15) is 4.79 Å². The van der Waals surface area contributed by atoms with Crippen LogP contribution in [0.4, 0.5) is 10.5 Å². The van der Waals surface area contributed by atoms with Crippen molar-refractivity contribution in [2.75, 3.05) is 12.4 Å². The van der Waals surface area contributed by atoms with E-state index in [0.717, 1.165) is 16.1 Å². The fourth-order valence-electron chi connectivity index (χ4n) is 1.98. The highest BCUT2D eigenvalue weighted by atomic mass is 16.6. The van der Waals surface area contributed by atoms with Gasteiger partial charge >= 0.3 is 6.03 Å². The first-order chi connectivity index (χ1) is 11.5. The lowest BCUT2D eigenvalue weighted by Gasteiger charge is -2.15. The van der Waals surface area contributed by atoms with Crippen LogP contribution in [0.2, 0.25) is 0 Å².